The molecule has 0 radical (unpaired) electrons. The van der Waals surface area contributed by atoms with Crippen LogP contribution in [0.3, 0.4) is 0 Å². The Kier molecular flexibility index (Phi) is 7.99. The molecule has 0 bridgehead atoms. The number of carbonyl (C=O) groups excluding carboxylic acids is 2. The molecular formula is C26H33NO3. The van der Waals surface area contributed by atoms with Crippen molar-refractivity contribution >= 4 is 17.4 Å². The van der Waals surface area contributed by atoms with Gasteiger partial charge in [0.15, 0.2) is 5.78 Å². The lowest BCUT2D eigenvalue weighted by Gasteiger charge is -2.28. The number of rotatable bonds is 5. The smallest absolute Gasteiger partial charge is 0.238 e. The van der Waals surface area contributed by atoms with Crippen LogP contribution in [-0.2, 0) is 27.8 Å². The third kappa shape index (κ3) is 5.59. The Bertz CT molecular complexity index is 908. The van der Waals surface area contributed by atoms with Crippen LogP contribution in [0.2, 0.25) is 0 Å². The number of ketones is 1. The fourth-order valence-corrected chi connectivity index (χ4v) is 3.48. The molecule has 1 heterocycles. The van der Waals surface area contributed by atoms with Crippen molar-refractivity contribution in [3.05, 3.63) is 71.4 Å². The summed E-state index contributed by atoms with van der Waals surface area (Å²) in [4.78, 5) is 25.6. The van der Waals surface area contributed by atoms with Crippen LogP contribution in [0.25, 0.3) is 0 Å². The first-order chi connectivity index (χ1) is 14.3. The predicted molar refractivity (Wildman–Crippen MR) is 123 cm³/mol. The van der Waals surface area contributed by atoms with E-state index in [-0.39, 0.29) is 23.5 Å². The van der Waals surface area contributed by atoms with Crippen molar-refractivity contribution in [2.24, 2.45) is 0 Å². The summed E-state index contributed by atoms with van der Waals surface area (Å²) in [5, 5.41) is 0. The minimum absolute atomic E-state index is 0.0905. The van der Waals surface area contributed by atoms with Crippen molar-refractivity contribution in [1.82, 2.24) is 0 Å². The van der Waals surface area contributed by atoms with E-state index in [2.05, 4.69) is 32.9 Å². The van der Waals surface area contributed by atoms with Crippen LogP contribution in [0.5, 0.6) is 5.75 Å². The zero-order chi connectivity index (χ0) is 22.3. The Hall–Kier alpha value is -2.88. The summed E-state index contributed by atoms with van der Waals surface area (Å²) < 4.78 is 5.80. The quantitative estimate of drug-likeness (QED) is 0.604. The fourth-order valence-electron chi connectivity index (χ4n) is 3.48. The third-order valence-corrected chi connectivity index (χ3v) is 4.97. The van der Waals surface area contributed by atoms with E-state index in [0.717, 1.165) is 35.4 Å². The second kappa shape index (κ2) is 10.2. The van der Waals surface area contributed by atoms with E-state index in [1.807, 2.05) is 44.2 Å². The Balaban J connectivity index is 0.00000155. The second-order valence-corrected chi connectivity index (χ2v) is 8.14. The van der Waals surface area contributed by atoms with Crippen molar-refractivity contribution in [2.75, 3.05) is 12.0 Å². The largest absolute Gasteiger partial charge is 0.496 e. The van der Waals surface area contributed by atoms with Crippen molar-refractivity contribution in [2.45, 2.75) is 59.3 Å². The van der Waals surface area contributed by atoms with Crippen molar-refractivity contribution < 1.29 is 14.3 Å². The molecule has 0 unspecified atom stereocenters. The zero-order valence-corrected chi connectivity index (χ0v) is 19.0. The summed E-state index contributed by atoms with van der Waals surface area (Å²) in [5.74, 6) is 0.512. The van der Waals surface area contributed by atoms with Crippen LogP contribution in [0, 0.1) is 0 Å². The second-order valence-electron chi connectivity index (χ2n) is 8.14. The number of benzene rings is 2. The molecule has 0 saturated heterocycles. The minimum Gasteiger partial charge on any atom is -0.496 e. The summed E-state index contributed by atoms with van der Waals surface area (Å²) in [6, 6.07) is 14.3. The number of methoxy groups -OCH3 is 1. The molecule has 0 saturated carbocycles. The molecule has 3 rings (SSSR count). The summed E-state index contributed by atoms with van der Waals surface area (Å²) in [5.41, 5.74) is 4.00. The number of anilines is 1. The molecule has 1 aliphatic heterocycles. The van der Waals surface area contributed by atoms with Crippen LogP contribution < -0.4 is 9.64 Å². The molecule has 0 fully saturated rings. The van der Waals surface area contributed by atoms with Crippen LogP contribution in [0.4, 0.5) is 5.69 Å². The van der Waals surface area contributed by atoms with Gasteiger partial charge in [0.05, 0.1) is 13.5 Å². The van der Waals surface area contributed by atoms with Gasteiger partial charge in [-0.1, -0.05) is 65.0 Å². The number of hydrogen-bond donors (Lipinski definition) is 0. The van der Waals surface area contributed by atoms with E-state index in [4.69, 9.17) is 4.74 Å². The van der Waals surface area contributed by atoms with E-state index in [1.165, 1.54) is 11.6 Å². The molecule has 4 heteroatoms. The first kappa shape index (κ1) is 23.4. The maximum absolute atomic E-state index is 12.4. The maximum atomic E-state index is 12.4. The third-order valence-electron chi connectivity index (χ3n) is 4.97. The highest BCUT2D eigenvalue weighted by Gasteiger charge is 2.26. The highest BCUT2D eigenvalue weighted by atomic mass is 16.5. The number of nitrogens with zero attached hydrogens (tertiary/aromatic N) is 1. The standard InChI is InChI=1S/C24H27NO3.C2H6/c1-24(2,3)21-15-19(25-13-12-20(26)16-22(25)27)14-18(23(21)28-4)11-10-17-8-6-5-7-9-17;1-2/h5-9,12-15H,10-11,16H2,1-4H3;1-2H3. The lowest BCUT2D eigenvalue weighted by Crippen LogP contribution is -2.31. The summed E-state index contributed by atoms with van der Waals surface area (Å²) in [6.45, 7) is 10.4. The Morgan fingerprint density at radius 2 is 1.67 bits per heavy atom. The average Bonchev–Trinajstić information content (AvgIpc) is 2.73. The summed E-state index contributed by atoms with van der Waals surface area (Å²) >= 11 is 0. The number of aryl methyl sites for hydroxylation is 2. The van der Waals surface area contributed by atoms with Crippen molar-refractivity contribution in [3.8, 4) is 5.75 Å². The molecule has 2 aromatic rings. The molecule has 2 aromatic carbocycles. The summed E-state index contributed by atoms with van der Waals surface area (Å²) in [7, 11) is 1.70. The minimum atomic E-state index is -0.202. The summed E-state index contributed by atoms with van der Waals surface area (Å²) in [6.07, 6.45) is 4.63. The van der Waals surface area contributed by atoms with Crippen LogP contribution in [0.15, 0.2) is 54.7 Å². The Morgan fingerprint density at radius 3 is 2.23 bits per heavy atom. The van der Waals surface area contributed by atoms with Crippen molar-refractivity contribution in [3.63, 3.8) is 0 Å². The lowest BCUT2D eigenvalue weighted by molar-refractivity contribution is -0.124. The van der Waals surface area contributed by atoms with Gasteiger partial charge in [-0.2, -0.15) is 0 Å². The fraction of sp³-hybridized carbons (Fsp3) is 0.385. The zero-order valence-electron chi connectivity index (χ0n) is 19.0. The highest BCUT2D eigenvalue weighted by Crippen LogP contribution is 2.39. The Morgan fingerprint density at radius 1 is 1.00 bits per heavy atom. The average molecular weight is 408 g/mol. The first-order valence-corrected chi connectivity index (χ1v) is 10.6. The van der Waals surface area contributed by atoms with Gasteiger partial charge in [-0.15, -0.1) is 0 Å². The topological polar surface area (TPSA) is 46.6 Å². The van der Waals surface area contributed by atoms with E-state index in [1.54, 1.807) is 18.2 Å². The van der Waals surface area contributed by atoms with Gasteiger partial charge >= 0.3 is 0 Å². The molecule has 1 aliphatic rings. The van der Waals surface area contributed by atoms with Gasteiger partial charge in [-0.05, 0) is 47.6 Å². The molecule has 30 heavy (non-hydrogen) atoms. The monoisotopic (exact) mass is 407 g/mol. The van der Waals surface area contributed by atoms with Crippen LogP contribution in [-0.4, -0.2) is 18.8 Å². The first-order valence-electron chi connectivity index (χ1n) is 10.6. The molecule has 1 amide bonds. The molecule has 4 nitrogen and oxygen atoms in total. The number of amides is 1. The van der Waals surface area contributed by atoms with Crippen LogP contribution >= 0.6 is 0 Å². The molecule has 0 aromatic heterocycles. The van der Waals surface area contributed by atoms with E-state index in [0.29, 0.717) is 0 Å². The number of carbonyl (C=O) groups is 2. The molecule has 0 aliphatic carbocycles. The van der Waals surface area contributed by atoms with Gasteiger partial charge in [0.2, 0.25) is 5.91 Å². The van der Waals surface area contributed by atoms with Crippen LogP contribution in [0.1, 0.15) is 57.7 Å². The van der Waals surface area contributed by atoms with Crippen molar-refractivity contribution in [1.29, 1.82) is 0 Å². The van der Waals surface area contributed by atoms with Gasteiger partial charge in [0.1, 0.15) is 5.75 Å². The number of hydrogen-bond acceptors (Lipinski definition) is 3. The molecule has 160 valence electrons. The van der Waals surface area contributed by atoms with Gasteiger partial charge in [0.25, 0.3) is 0 Å². The normalized spacial score (nSPS) is 13.7. The molecular weight excluding hydrogens is 374 g/mol. The number of ether oxygens (including phenoxy) is 1. The van der Waals surface area contributed by atoms with Gasteiger partial charge in [-0.25, -0.2) is 0 Å². The van der Waals surface area contributed by atoms with E-state index < -0.39 is 0 Å². The lowest BCUT2D eigenvalue weighted by atomic mass is 9.83. The SMILES string of the molecule is CC.COc1c(CCc2ccccc2)cc(N2C=CC(=O)CC2=O)cc1C(C)(C)C. The molecule has 0 N–H and O–H groups in total. The number of allylic oxidation sites excluding steroid dienone is 1. The van der Waals surface area contributed by atoms with Gasteiger partial charge in [-0.3, -0.25) is 14.5 Å². The van der Waals surface area contributed by atoms with Gasteiger partial charge < -0.3 is 4.74 Å². The predicted octanol–water partition coefficient (Wildman–Crippen LogP) is 5.62. The van der Waals surface area contributed by atoms with E-state index in [9.17, 15) is 9.59 Å². The highest BCUT2D eigenvalue weighted by molar-refractivity contribution is 6.13. The van der Waals surface area contributed by atoms with E-state index >= 15 is 0 Å². The Labute approximate surface area is 180 Å². The van der Waals surface area contributed by atoms with Gasteiger partial charge in [0, 0.05) is 17.5 Å². The molecule has 0 atom stereocenters. The molecule has 0 spiro atoms. The maximum Gasteiger partial charge on any atom is 0.238 e.